The van der Waals surface area contributed by atoms with Crippen molar-refractivity contribution in [3.63, 3.8) is 0 Å². The number of hydrogen-bond acceptors (Lipinski definition) is 3. The van der Waals surface area contributed by atoms with Gasteiger partial charge in [0.1, 0.15) is 0 Å². The van der Waals surface area contributed by atoms with E-state index in [1.54, 1.807) is 7.11 Å². The standard InChI is InChI=1S/C12H25NO2/c1-10(6-9-14-3)11(13-2)12(15-4)7-5-8-12/h10-11,13H,5-9H2,1-4H3. The Balaban J connectivity index is 2.52. The summed E-state index contributed by atoms with van der Waals surface area (Å²) in [7, 11) is 5.64. The van der Waals surface area contributed by atoms with E-state index in [0.29, 0.717) is 12.0 Å². The van der Waals surface area contributed by atoms with E-state index in [0.717, 1.165) is 13.0 Å². The molecule has 0 amide bonds. The van der Waals surface area contributed by atoms with Gasteiger partial charge in [0.05, 0.1) is 5.60 Å². The number of ether oxygens (including phenoxy) is 2. The van der Waals surface area contributed by atoms with Gasteiger partial charge >= 0.3 is 0 Å². The molecule has 1 N–H and O–H groups in total. The fourth-order valence-electron chi connectivity index (χ4n) is 2.70. The molecule has 1 rings (SSSR count). The van der Waals surface area contributed by atoms with Crippen LogP contribution in [0, 0.1) is 5.92 Å². The van der Waals surface area contributed by atoms with E-state index in [-0.39, 0.29) is 5.60 Å². The quantitative estimate of drug-likeness (QED) is 0.702. The molecule has 0 radical (unpaired) electrons. The van der Waals surface area contributed by atoms with Crippen molar-refractivity contribution in [1.29, 1.82) is 0 Å². The Morgan fingerprint density at radius 3 is 2.33 bits per heavy atom. The summed E-state index contributed by atoms with van der Waals surface area (Å²) in [6.07, 6.45) is 4.76. The highest BCUT2D eigenvalue weighted by molar-refractivity contribution is 5.01. The first-order valence-corrected chi connectivity index (χ1v) is 5.91. The summed E-state index contributed by atoms with van der Waals surface area (Å²) in [6, 6.07) is 0.450. The van der Waals surface area contributed by atoms with E-state index in [2.05, 4.69) is 12.2 Å². The molecule has 2 atom stereocenters. The molecule has 2 unspecified atom stereocenters. The van der Waals surface area contributed by atoms with Crippen LogP contribution in [-0.4, -0.2) is 39.5 Å². The Bertz CT molecular complexity index is 175. The summed E-state index contributed by atoms with van der Waals surface area (Å²) in [6.45, 7) is 3.11. The van der Waals surface area contributed by atoms with E-state index in [4.69, 9.17) is 9.47 Å². The first-order valence-electron chi connectivity index (χ1n) is 5.91. The molecule has 0 aliphatic heterocycles. The van der Waals surface area contributed by atoms with Crippen LogP contribution in [-0.2, 0) is 9.47 Å². The summed E-state index contributed by atoms with van der Waals surface area (Å²) in [5.41, 5.74) is 0.0852. The summed E-state index contributed by atoms with van der Waals surface area (Å²) < 4.78 is 10.9. The molecule has 0 saturated heterocycles. The van der Waals surface area contributed by atoms with Gasteiger partial charge in [-0.2, -0.15) is 0 Å². The lowest BCUT2D eigenvalue weighted by molar-refractivity contribution is -0.110. The van der Waals surface area contributed by atoms with Crippen molar-refractivity contribution < 1.29 is 9.47 Å². The van der Waals surface area contributed by atoms with Crippen molar-refractivity contribution in [2.24, 2.45) is 5.92 Å². The van der Waals surface area contributed by atoms with Gasteiger partial charge < -0.3 is 14.8 Å². The smallest absolute Gasteiger partial charge is 0.0833 e. The largest absolute Gasteiger partial charge is 0.385 e. The Hall–Kier alpha value is -0.120. The zero-order chi connectivity index (χ0) is 11.3. The first-order chi connectivity index (χ1) is 7.20. The van der Waals surface area contributed by atoms with Crippen LogP contribution in [0.25, 0.3) is 0 Å². The topological polar surface area (TPSA) is 30.5 Å². The second kappa shape index (κ2) is 5.83. The lowest BCUT2D eigenvalue weighted by atomic mass is 9.70. The highest BCUT2D eigenvalue weighted by atomic mass is 16.5. The molecule has 1 saturated carbocycles. The number of likely N-dealkylation sites (N-methyl/N-ethyl adjacent to an activating group) is 1. The molecular weight excluding hydrogens is 190 g/mol. The first kappa shape index (κ1) is 12.9. The van der Waals surface area contributed by atoms with Crippen molar-refractivity contribution in [1.82, 2.24) is 5.32 Å². The van der Waals surface area contributed by atoms with E-state index < -0.39 is 0 Å². The van der Waals surface area contributed by atoms with Gasteiger partial charge in [-0.25, -0.2) is 0 Å². The number of methoxy groups -OCH3 is 2. The van der Waals surface area contributed by atoms with E-state index in [9.17, 15) is 0 Å². The zero-order valence-electron chi connectivity index (χ0n) is 10.5. The van der Waals surface area contributed by atoms with Crippen LogP contribution >= 0.6 is 0 Å². The lowest BCUT2D eigenvalue weighted by Gasteiger charge is -2.48. The van der Waals surface area contributed by atoms with Gasteiger partial charge in [-0.15, -0.1) is 0 Å². The predicted octanol–water partition coefficient (Wildman–Crippen LogP) is 1.82. The third-order valence-electron chi connectivity index (χ3n) is 3.83. The van der Waals surface area contributed by atoms with Gasteiger partial charge in [0, 0.05) is 26.9 Å². The molecule has 1 aliphatic rings. The third kappa shape index (κ3) is 2.71. The van der Waals surface area contributed by atoms with Gasteiger partial charge in [-0.05, 0) is 38.6 Å². The molecule has 1 fully saturated rings. The fraction of sp³-hybridized carbons (Fsp3) is 1.00. The molecule has 0 aromatic carbocycles. The average Bonchev–Trinajstić information content (AvgIpc) is 2.19. The highest BCUT2D eigenvalue weighted by Gasteiger charge is 2.45. The third-order valence-corrected chi connectivity index (χ3v) is 3.83. The zero-order valence-corrected chi connectivity index (χ0v) is 10.5. The number of rotatable bonds is 7. The van der Waals surface area contributed by atoms with E-state index >= 15 is 0 Å². The molecule has 0 bridgehead atoms. The van der Waals surface area contributed by atoms with Crippen LogP contribution in [0.2, 0.25) is 0 Å². The minimum atomic E-state index is 0.0852. The van der Waals surface area contributed by atoms with Crippen molar-refractivity contribution in [3.8, 4) is 0 Å². The molecule has 3 nitrogen and oxygen atoms in total. The van der Waals surface area contributed by atoms with Gasteiger partial charge in [0.25, 0.3) is 0 Å². The minimum Gasteiger partial charge on any atom is -0.385 e. The van der Waals surface area contributed by atoms with Crippen molar-refractivity contribution in [2.45, 2.75) is 44.2 Å². The van der Waals surface area contributed by atoms with Crippen molar-refractivity contribution in [2.75, 3.05) is 27.9 Å². The number of hydrogen-bond donors (Lipinski definition) is 1. The maximum absolute atomic E-state index is 5.72. The second-order valence-corrected chi connectivity index (χ2v) is 4.65. The molecule has 0 aromatic rings. The Labute approximate surface area is 93.5 Å². The Kier molecular flexibility index (Phi) is 5.03. The summed E-state index contributed by atoms with van der Waals surface area (Å²) >= 11 is 0. The van der Waals surface area contributed by atoms with Crippen LogP contribution in [0.3, 0.4) is 0 Å². The Morgan fingerprint density at radius 1 is 1.33 bits per heavy atom. The van der Waals surface area contributed by atoms with Crippen LogP contribution in [0.15, 0.2) is 0 Å². The van der Waals surface area contributed by atoms with Gasteiger partial charge in [0.2, 0.25) is 0 Å². The molecule has 90 valence electrons. The van der Waals surface area contributed by atoms with Crippen LogP contribution in [0.1, 0.15) is 32.6 Å². The van der Waals surface area contributed by atoms with Gasteiger partial charge in [0.15, 0.2) is 0 Å². The highest BCUT2D eigenvalue weighted by Crippen LogP contribution is 2.40. The Morgan fingerprint density at radius 2 is 2.00 bits per heavy atom. The number of nitrogens with one attached hydrogen (secondary N) is 1. The van der Waals surface area contributed by atoms with Crippen molar-refractivity contribution in [3.05, 3.63) is 0 Å². The average molecular weight is 215 g/mol. The molecule has 0 heterocycles. The molecular formula is C12H25NO2. The van der Waals surface area contributed by atoms with E-state index in [1.165, 1.54) is 19.3 Å². The maximum atomic E-state index is 5.72. The fourth-order valence-corrected chi connectivity index (χ4v) is 2.70. The second-order valence-electron chi connectivity index (χ2n) is 4.65. The van der Waals surface area contributed by atoms with Crippen LogP contribution in [0.5, 0.6) is 0 Å². The molecule has 15 heavy (non-hydrogen) atoms. The minimum absolute atomic E-state index is 0.0852. The van der Waals surface area contributed by atoms with Gasteiger partial charge in [-0.3, -0.25) is 0 Å². The van der Waals surface area contributed by atoms with Crippen LogP contribution in [0.4, 0.5) is 0 Å². The van der Waals surface area contributed by atoms with Crippen LogP contribution < -0.4 is 5.32 Å². The molecule has 3 heteroatoms. The lowest BCUT2D eigenvalue weighted by Crippen LogP contribution is -2.58. The monoisotopic (exact) mass is 215 g/mol. The van der Waals surface area contributed by atoms with E-state index in [1.807, 2.05) is 14.2 Å². The molecule has 0 aromatic heterocycles. The summed E-state index contributed by atoms with van der Waals surface area (Å²) in [4.78, 5) is 0. The SMILES string of the molecule is CNC(C(C)CCOC)C1(OC)CCC1. The molecule has 1 aliphatic carbocycles. The maximum Gasteiger partial charge on any atom is 0.0833 e. The predicted molar refractivity (Wildman–Crippen MR) is 62.1 cm³/mol. The summed E-state index contributed by atoms with van der Waals surface area (Å²) in [5, 5.41) is 3.42. The summed E-state index contributed by atoms with van der Waals surface area (Å²) in [5.74, 6) is 0.593. The van der Waals surface area contributed by atoms with Gasteiger partial charge in [-0.1, -0.05) is 6.92 Å². The normalized spacial score (nSPS) is 23.2. The van der Waals surface area contributed by atoms with Crippen molar-refractivity contribution >= 4 is 0 Å². The molecule has 0 spiro atoms.